The highest BCUT2D eigenvalue weighted by molar-refractivity contribution is 7.99. The van der Waals surface area contributed by atoms with Crippen molar-refractivity contribution in [3.63, 3.8) is 0 Å². The van der Waals surface area contributed by atoms with Crippen LogP contribution in [-0.4, -0.2) is 42.5 Å². The molecular formula is C26H21Cl3FN5O4S. The first-order valence-electron chi connectivity index (χ1n) is 11.6. The minimum atomic E-state index is -1.80. The normalized spacial score (nSPS) is 11.5. The fourth-order valence-corrected chi connectivity index (χ4v) is 4.51. The molecule has 0 aliphatic heterocycles. The summed E-state index contributed by atoms with van der Waals surface area (Å²) in [6, 6.07) is 12.4. The lowest BCUT2D eigenvalue weighted by atomic mass is 10.1. The van der Waals surface area contributed by atoms with E-state index in [4.69, 9.17) is 39.5 Å². The molecule has 0 atom stereocenters. The van der Waals surface area contributed by atoms with Gasteiger partial charge in [-0.3, -0.25) is 5.32 Å². The summed E-state index contributed by atoms with van der Waals surface area (Å²) in [5, 5.41) is 15.6. The maximum Gasteiger partial charge on any atom is 0.411 e. The Morgan fingerprint density at radius 1 is 1.07 bits per heavy atom. The molecule has 0 aliphatic carbocycles. The zero-order valence-electron chi connectivity index (χ0n) is 20.9. The standard InChI is InChI=1S/C26H21Cl3FN5O4S/c1-13(2)18-7-5-16-22(33-18)31-12-32-23(16)34-20-9-14(24(36)37)3-8-21(20)40-15-4-6-19(17(30)10-15)35-25(38)39-11-26(27,28)29/h3-10,12-13H,11H2,1-2H3,(H,35,38)(H,36,37)(H,31,32,33,34). The lowest BCUT2D eigenvalue weighted by Gasteiger charge is -2.15. The number of anilines is 3. The van der Waals surface area contributed by atoms with Gasteiger partial charge in [0.2, 0.25) is 3.79 Å². The van der Waals surface area contributed by atoms with Crippen LogP contribution in [0.3, 0.4) is 0 Å². The van der Waals surface area contributed by atoms with Crippen molar-refractivity contribution < 1.29 is 23.8 Å². The van der Waals surface area contributed by atoms with Crippen molar-refractivity contribution in [3.05, 3.63) is 71.9 Å². The number of carboxylic acids is 1. The Kier molecular flexibility index (Phi) is 9.19. The molecule has 0 aliphatic rings. The van der Waals surface area contributed by atoms with Gasteiger partial charge in [0, 0.05) is 15.5 Å². The van der Waals surface area contributed by atoms with Crippen LogP contribution in [0.25, 0.3) is 11.0 Å². The Labute approximate surface area is 247 Å². The van der Waals surface area contributed by atoms with Gasteiger partial charge < -0.3 is 15.2 Å². The van der Waals surface area contributed by atoms with Gasteiger partial charge in [-0.25, -0.2) is 28.9 Å². The lowest BCUT2D eigenvalue weighted by Crippen LogP contribution is -2.21. The highest BCUT2D eigenvalue weighted by Gasteiger charge is 2.22. The van der Waals surface area contributed by atoms with Crippen LogP contribution in [0, 0.1) is 5.82 Å². The third-order valence-corrected chi connectivity index (χ3v) is 6.75. The van der Waals surface area contributed by atoms with E-state index in [0.29, 0.717) is 32.3 Å². The fraction of sp³-hybridized carbons (Fsp3) is 0.192. The SMILES string of the molecule is CC(C)c1ccc2c(Nc3cc(C(=O)O)ccc3Sc3ccc(NC(=O)OCC(Cl)(Cl)Cl)c(F)c3)ncnc2n1. The number of amides is 1. The van der Waals surface area contributed by atoms with Crippen LogP contribution >= 0.6 is 46.6 Å². The molecule has 0 radical (unpaired) electrons. The summed E-state index contributed by atoms with van der Waals surface area (Å²) in [6.45, 7) is 3.54. The summed E-state index contributed by atoms with van der Waals surface area (Å²) in [4.78, 5) is 37.8. The quantitative estimate of drug-likeness (QED) is 0.168. The Morgan fingerprint density at radius 3 is 2.52 bits per heavy atom. The lowest BCUT2D eigenvalue weighted by molar-refractivity contribution is 0.0696. The molecule has 208 valence electrons. The number of alkyl halides is 3. The third-order valence-electron chi connectivity index (χ3n) is 5.36. The number of halogens is 4. The van der Waals surface area contributed by atoms with Gasteiger partial charge in [0.1, 0.15) is 24.6 Å². The summed E-state index contributed by atoms with van der Waals surface area (Å²) in [5.41, 5.74) is 1.70. The molecule has 2 heterocycles. The van der Waals surface area contributed by atoms with E-state index in [1.165, 1.54) is 42.4 Å². The van der Waals surface area contributed by atoms with E-state index >= 15 is 0 Å². The van der Waals surface area contributed by atoms with Crippen molar-refractivity contribution in [1.82, 2.24) is 15.0 Å². The number of rotatable bonds is 8. The summed E-state index contributed by atoms with van der Waals surface area (Å²) >= 11 is 17.8. The minimum Gasteiger partial charge on any atom is -0.478 e. The molecule has 9 nitrogen and oxygen atoms in total. The van der Waals surface area contributed by atoms with Crippen molar-refractivity contribution in [3.8, 4) is 0 Å². The molecule has 0 fully saturated rings. The molecule has 0 saturated heterocycles. The topological polar surface area (TPSA) is 126 Å². The number of aromatic carboxylic acids is 1. The van der Waals surface area contributed by atoms with Gasteiger partial charge in [0.25, 0.3) is 0 Å². The number of hydrogen-bond donors (Lipinski definition) is 3. The highest BCUT2D eigenvalue weighted by atomic mass is 35.6. The molecule has 2 aromatic heterocycles. The monoisotopic (exact) mass is 623 g/mol. The first-order chi connectivity index (χ1) is 18.9. The van der Waals surface area contributed by atoms with Gasteiger partial charge >= 0.3 is 12.1 Å². The molecule has 3 N–H and O–H groups in total. The van der Waals surface area contributed by atoms with Crippen LogP contribution < -0.4 is 10.6 Å². The predicted molar refractivity (Wildman–Crippen MR) is 154 cm³/mol. The van der Waals surface area contributed by atoms with Gasteiger partial charge in [-0.2, -0.15) is 0 Å². The van der Waals surface area contributed by atoms with Crippen LogP contribution in [0.5, 0.6) is 0 Å². The number of pyridine rings is 1. The molecule has 1 amide bonds. The van der Waals surface area contributed by atoms with Crippen LogP contribution in [-0.2, 0) is 4.74 Å². The Bertz CT molecular complexity index is 1590. The number of nitrogens with zero attached hydrogens (tertiary/aromatic N) is 3. The molecule has 14 heteroatoms. The second-order valence-corrected chi connectivity index (χ2v) is 12.3. The smallest absolute Gasteiger partial charge is 0.411 e. The predicted octanol–water partition coefficient (Wildman–Crippen LogP) is 7.80. The van der Waals surface area contributed by atoms with Crippen LogP contribution in [0.15, 0.2) is 64.6 Å². The second-order valence-electron chi connectivity index (χ2n) is 8.69. The maximum atomic E-state index is 14.8. The van der Waals surface area contributed by atoms with Crippen molar-refractivity contribution >= 4 is 86.9 Å². The average Bonchev–Trinajstić information content (AvgIpc) is 2.89. The number of nitrogens with one attached hydrogen (secondary N) is 2. The zero-order chi connectivity index (χ0) is 29.0. The van der Waals surface area contributed by atoms with E-state index in [2.05, 4.69) is 25.6 Å². The first kappa shape index (κ1) is 29.6. The molecule has 4 aromatic rings. The number of carbonyl (C=O) groups excluding carboxylic acids is 1. The van der Waals surface area contributed by atoms with Gasteiger partial charge in [0.15, 0.2) is 5.65 Å². The summed E-state index contributed by atoms with van der Waals surface area (Å²) in [5.74, 6) is -1.21. The summed E-state index contributed by atoms with van der Waals surface area (Å²) < 4.78 is 17.7. The van der Waals surface area contributed by atoms with Gasteiger partial charge in [-0.1, -0.05) is 60.4 Å². The van der Waals surface area contributed by atoms with Gasteiger partial charge in [-0.05, 0) is 54.4 Å². The van der Waals surface area contributed by atoms with Gasteiger partial charge in [0.05, 0.1) is 22.3 Å². The Morgan fingerprint density at radius 2 is 1.85 bits per heavy atom. The Balaban J connectivity index is 1.60. The minimum absolute atomic E-state index is 0.0459. The largest absolute Gasteiger partial charge is 0.478 e. The van der Waals surface area contributed by atoms with E-state index in [9.17, 15) is 19.1 Å². The number of benzene rings is 2. The number of aromatic nitrogens is 3. The zero-order valence-corrected chi connectivity index (χ0v) is 24.0. The highest BCUT2D eigenvalue weighted by Crippen LogP contribution is 2.37. The molecule has 0 spiro atoms. The molecule has 0 bridgehead atoms. The fourth-order valence-electron chi connectivity index (χ4n) is 3.44. The second kappa shape index (κ2) is 12.4. The Hall–Kier alpha value is -3.38. The summed E-state index contributed by atoms with van der Waals surface area (Å²) in [7, 11) is 0. The maximum absolute atomic E-state index is 14.8. The van der Waals surface area contributed by atoms with E-state index in [1.807, 2.05) is 26.0 Å². The van der Waals surface area contributed by atoms with E-state index in [1.54, 1.807) is 12.1 Å². The van der Waals surface area contributed by atoms with Crippen molar-refractivity contribution in [1.29, 1.82) is 0 Å². The third kappa shape index (κ3) is 7.63. The number of carboxylic acid groups (broad SMARTS) is 1. The number of ether oxygens (including phenoxy) is 1. The van der Waals surface area contributed by atoms with Crippen molar-refractivity contribution in [2.45, 2.75) is 33.3 Å². The number of fused-ring (bicyclic) bond motifs is 1. The molecular weight excluding hydrogens is 604 g/mol. The molecule has 40 heavy (non-hydrogen) atoms. The number of hydrogen-bond acceptors (Lipinski definition) is 8. The molecule has 0 unspecified atom stereocenters. The average molecular weight is 625 g/mol. The van der Waals surface area contributed by atoms with Crippen LogP contribution in [0.2, 0.25) is 0 Å². The van der Waals surface area contributed by atoms with Crippen LogP contribution in [0.1, 0.15) is 35.8 Å². The van der Waals surface area contributed by atoms with Crippen molar-refractivity contribution in [2.75, 3.05) is 17.2 Å². The number of carbonyl (C=O) groups is 2. The van der Waals surface area contributed by atoms with Crippen molar-refractivity contribution in [2.24, 2.45) is 0 Å². The van der Waals surface area contributed by atoms with E-state index in [-0.39, 0.29) is 17.2 Å². The van der Waals surface area contributed by atoms with E-state index in [0.717, 1.165) is 5.69 Å². The first-order valence-corrected chi connectivity index (χ1v) is 13.6. The molecule has 4 rings (SSSR count). The van der Waals surface area contributed by atoms with Crippen LogP contribution in [0.4, 0.5) is 26.4 Å². The summed E-state index contributed by atoms with van der Waals surface area (Å²) in [6.07, 6.45) is 0.378. The van der Waals surface area contributed by atoms with Gasteiger partial charge in [-0.15, -0.1) is 0 Å². The molecule has 0 saturated carbocycles. The van der Waals surface area contributed by atoms with E-state index < -0.39 is 28.3 Å². The molecule has 2 aromatic carbocycles.